The molecule has 226 valence electrons. The van der Waals surface area contributed by atoms with Crippen molar-refractivity contribution in [3.63, 3.8) is 0 Å². The van der Waals surface area contributed by atoms with Crippen molar-refractivity contribution < 1.29 is 18.7 Å². The van der Waals surface area contributed by atoms with Gasteiger partial charge in [-0.05, 0) is 48.9 Å². The van der Waals surface area contributed by atoms with E-state index in [-0.39, 0.29) is 19.1 Å². The molecule has 2 aromatic heterocycles. The Labute approximate surface area is 249 Å². The largest absolute Gasteiger partial charge is 0.382 e. The second-order valence-corrected chi connectivity index (χ2v) is 14.3. The fourth-order valence-corrected chi connectivity index (χ4v) is 6.37. The topological polar surface area (TPSA) is 125 Å². The summed E-state index contributed by atoms with van der Waals surface area (Å²) >= 11 is 3.63. The molecule has 0 aliphatic rings. The highest BCUT2D eigenvalue weighted by Crippen LogP contribution is 2.42. The Balaban J connectivity index is 1.39. The summed E-state index contributed by atoms with van der Waals surface area (Å²) in [6.45, 7) is 6.94. The molecule has 9 nitrogen and oxygen atoms in total. The molecule has 2 aromatic rings. The van der Waals surface area contributed by atoms with Crippen LogP contribution in [-0.2, 0) is 20.4 Å². The van der Waals surface area contributed by atoms with Crippen LogP contribution < -0.4 is 5.73 Å². The van der Waals surface area contributed by atoms with E-state index in [2.05, 4.69) is 40.0 Å². The minimum Gasteiger partial charge on any atom is -0.382 e. The Morgan fingerprint density at radius 1 is 1.02 bits per heavy atom. The number of aromatic nitrogens is 4. The third-order valence-corrected chi connectivity index (χ3v) is 9.37. The van der Waals surface area contributed by atoms with E-state index in [9.17, 15) is 9.46 Å². The monoisotopic (exact) mass is 613 g/mol. The summed E-state index contributed by atoms with van der Waals surface area (Å²) in [5, 5.41) is 3.21. The number of anilines is 1. The lowest BCUT2D eigenvalue weighted by Gasteiger charge is -2.17. The summed E-state index contributed by atoms with van der Waals surface area (Å²) in [5.41, 5.74) is 6.94. The summed E-state index contributed by atoms with van der Waals surface area (Å²) in [4.78, 5) is 22.4. The van der Waals surface area contributed by atoms with Gasteiger partial charge in [0.05, 0.1) is 25.6 Å². The molecule has 0 amide bonds. The van der Waals surface area contributed by atoms with Crippen molar-refractivity contribution in [1.29, 1.82) is 0 Å². The SMILES string of the molecule is CC(C)CSC#CCCCCCCCCCCSCCCOP(=O)(O)CO[C@H](C)Cn1cnc2c(N)ncnc21. The summed E-state index contributed by atoms with van der Waals surface area (Å²) in [6.07, 6.45) is 14.4. The van der Waals surface area contributed by atoms with E-state index in [1.165, 1.54) is 57.7 Å². The molecule has 0 aliphatic heterocycles. The van der Waals surface area contributed by atoms with Gasteiger partial charge in [-0.3, -0.25) is 4.57 Å². The van der Waals surface area contributed by atoms with Crippen molar-refractivity contribution in [3.8, 4) is 11.2 Å². The number of fused-ring (bicyclic) bond motifs is 1. The Morgan fingerprint density at radius 3 is 2.48 bits per heavy atom. The predicted molar refractivity (Wildman–Crippen MR) is 169 cm³/mol. The molecule has 0 spiro atoms. The van der Waals surface area contributed by atoms with E-state index in [0.29, 0.717) is 29.4 Å². The van der Waals surface area contributed by atoms with Gasteiger partial charge in [0.15, 0.2) is 11.5 Å². The predicted octanol–water partition coefficient (Wildman–Crippen LogP) is 6.96. The molecule has 0 bridgehead atoms. The van der Waals surface area contributed by atoms with Crippen LogP contribution in [0.5, 0.6) is 0 Å². The van der Waals surface area contributed by atoms with Gasteiger partial charge in [-0.1, -0.05) is 70.1 Å². The Morgan fingerprint density at radius 2 is 1.73 bits per heavy atom. The van der Waals surface area contributed by atoms with E-state index in [0.717, 1.165) is 30.1 Å². The Bertz CT molecular complexity index is 1080. The number of unbranched alkanes of at least 4 members (excludes halogenated alkanes) is 8. The van der Waals surface area contributed by atoms with Crippen LogP contribution in [0.3, 0.4) is 0 Å². The lowest BCUT2D eigenvalue weighted by Crippen LogP contribution is -2.17. The maximum atomic E-state index is 12.3. The van der Waals surface area contributed by atoms with Crippen LogP contribution in [0.4, 0.5) is 5.82 Å². The number of hydrogen-bond acceptors (Lipinski definition) is 9. The second-order valence-electron chi connectivity index (χ2n) is 10.4. The van der Waals surface area contributed by atoms with Crippen molar-refractivity contribution in [2.75, 3.05) is 35.9 Å². The Kier molecular flexibility index (Phi) is 18.0. The third kappa shape index (κ3) is 15.6. The number of nitrogens with two attached hydrogens (primary N) is 1. The summed E-state index contributed by atoms with van der Waals surface area (Å²) in [5.74, 6) is 7.49. The number of nitrogen functional groups attached to an aromatic ring is 1. The molecule has 0 aromatic carbocycles. The van der Waals surface area contributed by atoms with E-state index < -0.39 is 7.60 Å². The van der Waals surface area contributed by atoms with E-state index in [1.807, 2.05) is 18.7 Å². The van der Waals surface area contributed by atoms with Crippen LogP contribution in [-0.4, -0.2) is 60.7 Å². The zero-order valence-corrected chi connectivity index (χ0v) is 27.0. The highest BCUT2D eigenvalue weighted by Gasteiger charge is 2.21. The van der Waals surface area contributed by atoms with Crippen molar-refractivity contribution >= 4 is 48.1 Å². The molecule has 0 saturated carbocycles. The maximum absolute atomic E-state index is 12.3. The molecule has 0 fully saturated rings. The number of hydrogen-bond donors (Lipinski definition) is 2. The zero-order valence-electron chi connectivity index (χ0n) is 24.4. The average Bonchev–Trinajstić information content (AvgIpc) is 3.32. The number of imidazole rings is 1. The van der Waals surface area contributed by atoms with Gasteiger partial charge >= 0.3 is 7.60 Å². The zero-order chi connectivity index (χ0) is 29.1. The van der Waals surface area contributed by atoms with E-state index >= 15 is 0 Å². The first kappa shape index (κ1) is 34.9. The van der Waals surface area contributed by atoms with Gasteiger partial charge in [0.1, 0.15) is 18.2 Å². The molecule has 40 heavy (non-hydrogen) atoms. The molecule has 2 rings (SSSR count). The molecule has 0 radical (unpaired) electrons. The normalized spacial score (nSPS) is 13.8. The van der Waals surface area contributed by atoms with E-state index in [4.69, 9.17) is 15.0 Å². The molecule has 1 unspecified atom stereocenters. The van der Waals surface area contributed by atoms with Gasteiger partial charge in [-0.15, -0.1) is 0 Å². The molecule has 12 heteroatoms. The van der Waals surface area contributed by atoms with Crippen LogP contribution >= 0.6 is 31.1 Å². The molecule has 2 atom stereocenters. The standard InChI is InChI=1S/C28H48N5O4PS2/c1-24(2)20-40-17-13-11-9-7-5-4-6-8-10-12-16-39-18-14-15-37-38(34,35)23-36-25(3)19-33-22-32-26-27(29)30-21-31-28(26)33/h21-22,24-25H,4-12,14-16,18-20,23H2,1-3H3,(H,34,35)(H2,29,30,31)/t25-/m1/s1. The van der Waals surface area contributed by atoms with Crippen molar-refractivity contribution in [1.82, 2.24) is 19.5 Å². The molecule has 0 saturated heterocycles. The van der Waals surface area contributed by atoms with Crippen molar-refractivity contribution in [2.24, 2.45) is 5.92 Å². The van der Waals surface area contributed by atoms with Gasteiger partial charge in [0, 0.05) is 12.2 Å². The van der Waals surface area contributed by atoms with Gasteiger partial charge in [-0.25, -0.2) is 15.0 Å². The van der Waals surface area contributed by atoms with Gasteiger partial charge < -0.3 is 24.5 Å². The molecule has 2 heterocycles. The molecular weight excluding hydrogens is 565 g/mol. The minimum atomic E-state index is -3.80. The number of thioether (sulfide) groups is 2. The lowest BCUT2D eigenvalue weighted by molar-refractivity contribution is 0.0718. The fraction of sp³-hybridized carbons (Fsp3) is 0.750. The first-order chi connectivity index (χ1) is 19.3. The molecule has 3 N–H and O–H groups in total. The first-order valence-electron chi connectivity index (χ1n) is 14.4. The third-order valence-electron chi connectivity index (χ3n) is 6.03. The lowest BCUT2D eigenvalue weighted by atomic mass is 10.1. The number of nitrogens with zero attached hydrogens (tertiary/aromatic N) is 4. The summed E-state index contributed by atoms with van der Waals surface area (Å²) in [7, 11) is -3.80. The van der Waals surface area contributed by atoms with Crippen LogP contribution in [0.1, 0.15) is 85.0 Å². The van der Waals surface area contributed by atoms with Crippen LogP contribution in [0.2, 0.25) is 0 Å². The molecular formula is C28H48N5O4PS2. The van der Waals surface area contributed by atoms with Crippen LogP contribution in [0, 0.1) is 17.1 Å². The van der Waals surface area contributed by atoms with Crippen LogP contribution in [0.15, 0.2) is 12.7 Å². The second kappa shape index (κ2) is 20.6. The number of rotatable bonds is 22. The van der Waals surface area contributed by atoms with Gasteiger partial charge in [0.2, 0.25) is 0 Å². The van der Waals surface area contributed by atoms with Crippen LogP contribution in [0.25, 0.3) is 11.2 Å². The smallest absolute Gasteiger partial charge is 0.353 e. The van der Waals surface area contributed by atoms with Crippen molar-refractivity contribution in [2.45, 2.75) is 97.6 Å². The highest BCUT2D eigenvalue weighted by atomic mass is 32.2. The van der Waals surface area contributed by atoms with Gasteiger partial charge in [0.25, 0.3) is 0 Å². The minimum absolute atomic E-state index is 0.253. The quantitative estimate of drug-likeness (QED) is 0.0818. The maximum Gasteiger partial charge on any atom is 0.353 e. The Hall–Kier alpha value is -1.28. The average molecular weight is 614 g/mol. The molecule has 0 aliphatic carbocycles. The summed E-state index contributed by atoms with van der Waals surface area (Å²) in [6, 6.07) is 0. The first-order valence-corrected chi connectivity index (χ1v) is 18.4. The summed E-state index contributed by atoms with van der Waals surface area (Å²) < 4.78 is 24.9. The van der Waals surface area contributed by atoms with E-state index in [1.54, 1.807) is 22.7 Å². The van der Waals surface area contributed by atoms with Crippen molar-refractivity contribution in [3.05, 3.63) is 12.7 Å². The number of ether oxygens (including phenoxy) is 1. The van der Waals surface area contributed by atoms with Gasteiger partial charge in [-0.2, -0.15) is 11.8 Å². The fourth-order valence-electron chi connectivity index (χ4n) is 3.88. The highest BCUT2D eigenvalue weighted by molar-refractivity contribution is 8.03.